The van der Waals surface area contributed by atoms with Gasteiger partial charge in [-0.1, -0.05) is 12.1 Å². The van der Waals surface area contributed by atoms with E-state index in [1.165, 1.54) is 11.3 Å². The molecule has 1 spiro atoms. The fraction of sp³-hybridized carbons (Fsp3) is 0.476. The fourth-order valence-electron chi connectivity index (χ4n) is 4.55. The van der Waals surface area contributed by atoms with E-state index in [1.807, 2.05) is 24.3 Å². The van der Waals surface area contributed by atoms with Crippen LogP contribution in [0.25, 0.3) is 20.8 Å². The number of H-pyrrole nitrogens is 1. The molecule has 1 atom stereocenters. The van der Waals surface area contributed by atoms with Gasteiger partial charge in [0.05, 0.1) is 28.8 Å². The average Bonchev–Trinajstić information content (AvgIpc) is 3.10. The minimum Gasteiger partial charge on any atom is -0.380 e. The van der Waals surface area contributed by atoms with Gasteiger partial charge in [-0.3, -0.25) is 9.78 Å². The number of piperidine rings is 1. The zero-order valence-electron chi connectivity index (χ0n) is 16.6. The van der Waals surface area contributed by atoms with Gasteiger partial charge in [0.15, 0.2) is 0 Å². The maximum Gasteiger partial charge on any atom is 0.264 e. The van der Waals surface area contributed by atoms with Crippen LogP contribution in [0.4, 0.5) is 11.8 Å². The summed E-state index contributed by atoms with van der Waals surface area (Å²) in [4.78, 5) is 28.0. The van der Waals surface area contributed by atoms with Crippen LogP contribution in [0.15, 0.2) is 29.1 Å². The minimum absolute atomic E-state index is 0.142. The molecule has 3 saturated heterocycles. The first-order valence-electron chi connectivity index (χ1n) is 10.5. The standard InChI is InChI=1S/C21H24N6O2S/c28-18-16(19-24-14-5-1-2-6-15(14)30-19)17(23-13-4-3-7-22-8-13)25-20(26-18)27-9-21(10-27)11-29-12-21/h1-2,5-6,13,22H,3-4,7-12H2,(H2,23,25,26,28)/t13-/m1/s1. The number of aromatic nitrogens is 3. The van der Waals surface area contributed by atoms with Gasteiger partial charge in [0.25, 0.3) is 5.56 Å². The number of para-hydroxylation sites is 1. The molecule has 8 nitrogen and oxygen atoms in total. The first kappa shape index (κ1) is 18.3. The van der Waals surface area contributed by atoms with E-state index in [2.05, 4.69) is 20.5 Å². The van der Waals surface area contributed by atoms with Crippen LogP contribution in [0, 0.1) is 5.41 Å². The lowest BCUT2D eigenvalue weighted by atomic mass is 9.78. The highest BCUT2D eigenvalue weighted by Gasteiger charge is 2.50. The number of benzene rings is 1. The molecule has 0 bridgehead atoms. The molecule has 3 aliphatic rings. The normalized spacial score (nSPS) is 22.7. The summed E-state index contributed by atoms with van der Waals surface area (Å²) < 4.78 is 6.44. The molecule has 5 heterocycles. The van der Waals surface area contributed by atoms with E-state index in [4.69, 9.17) is 14.7 Å². The molecule has 3 aromatic rings. The number of fused-ring (bicyclic) bond motifs is 1. The van der Waals surface area contributed by atoms with Crippen molar-refractivity contribution in [1.29, 1.82) is 0 Å². The van der Waals surface area contributed by atoms with Crippen molar-refractivity contribution in [2.75, 3.05) is 49.6 Å². The van der Waals surface area contributed by atoms with E-state index >= 15 is 0 Å². The van der Waals surface area contributed by atoms with Gasteiger partial charge in [0.1, 0.15) is 16.4 Å². The van der Waals surface area contributed by atoms with E-state index in [0.717, 1.165) is 62.5 Å². The molecule has 3 fully saturated rings. The summed E-state index contributed by atoms with van der Waals surface area (Å²) >= 11 is 1.53. The number of nitrogens with zero attached hydrogens (tertiary/aromatic N) is 3. The highest BCUT2D eigenvalue weighted by Crippen LogP contribution is 2.40. The van der Waals surface area contributed by atoms with Crippen molar-refractivity contribution in [2.45, 2.75) is 18.9 Å². The number of thiazole rings is 1. The third-order valence-corrected chi connectivity index (χ3v) is 7.27. The third kappa shape index (κ3) is 3.08. The third-order valence-electron chi connectivity index (χ3n) is 6.22. The zero-order chi connectivity index (χ0) is 20.1. The van der Waals surface area contributed by atoms with Crippen molar-refractivity contribution in [3.05, 3.63) is 34.6 Å². The molecule has 0 saturated carbocycles. The van der Waals surface area contributed by atoms with Crippen LogP contribution < -0.4 is 21.1 Å². The van der Waals surface area contributed by atoms with E-state index in [0.29, 0.717) is 22.3 Å². The Labute approximate surface area is 177 Å². The summed E-state index contributed by atoms with van der Waals surface area (Å²) in [5, 5.41) is 7.67. The van der Waals surface area contributed by atoms with Crippen LogP contribution >= 0.6 is 11.3 Å². The van der Waals surface area contributed by atoms with Gasteiger partial charge in [0.2, 0.25) is 5.95 Å². The fourth-order valence-corrected chi connectivity index (χ4v) is 5.56. The summed E-state index contributed by atoms with van der Waals surface area (Å²) in [6.07, 6.45) is 2.17. The van der Waals surface area contributed by atoms with Gasteiger partial charge in [-0.15, -0.1) is 11.3 Å². The molecule has 30 heavy (non-hydrogen) atoms. The molecule has 1 aromatic carbocycles. The Morgan fingerprint density at radius 1 is 1.23 bits per heavy atom. The molecule has 0 radical (unpaired) electrons. The minimum atomic E-state index is -0.142. The monoisotopic (exact) mass is 424 g/mol. The number of hydrogen-bond donors (Lipinski definition) is 3. The SMILES string of the molecule is O=c1[nH]c(N2CC3(COC3)C2)nc(N[C@@H]2CCCNC2)c1-c1nc2ccccc2s1. The van der Waals surface area contributed by atoms with Crippen LogP contribution in [0.5, 0.6) is 0 Å². The molecule has 0 amide bonds. The maximum absolute atomic E-state index is 13.2. The Kier molecular flexibility index (Phi) is 4.29. The Morgan fingerprint density at radius 3 is 2.83 bits per heavy atom. The van der Waals surface area contributed by atoms with E-state index < -0.39 is 0 Å². The van der Waals surface area contributed by atoms with Crippen molar-refractivity contribution in [1.82, 2.24) is 20.3 Å². The molecular weight excluding hydrogens is 400 g/mol. The summed E-state index contributed by atoms with van der Waals surface area (Å²) in [5.74, 6) is 1.26. The van der Waals surface area contributed by atoms with Gasteiger partial charge >= 0.3 is 0 Å². The summed E-state index contributed by atoms with van der Waals surface area (Å²) in [7, 11) is 0. The van der Waals surface area contributed by atoms with E-state index in [-0.39, 0.29) is 17.0 Å². The predicted octanol–water partition coefficient (Wildman–Crippen LogP) is 2.05. The molecule has 3 aliphatic heterocycles. The molecule has 3 N–H and O–H groups in total. The topological polar surface area (TPSA) is 95.2 Å². The largest absolute Gasteiger partial charge is 0.380 e. The number of anilines is 2. The molecule has 6 rings (SSSR count). The molecule has 0 unspecified atom stereocenters. The summed E-state index contributed by atoms with van der Waals surface area (Å²) in [6, 6.07) is 8.21. The molecule has 0 aliphatic carbocycles. The zero-order valence-corrected chi connectivity index (χ0v) is 17.4. The Bertz CT molecular complexity index is 1110. The number of nitrogens with one attached hydrogen (secondary N) is 3. The van der Waals surface area contributed by atoms with Gasteiger partial charge in [0, 0.05) is 25.7 Å². The second kappa shape index (κ2) is 7.04. The van der Waals surface area contributed by atoms with Gasteiger partial charge in [-0.25, -0.2) is 4.98 Å². The second-order valence-corrected chi connectivity index (χ2v) is 9.67. The lowest BCUT2D eigenvalue weighted by Gasteiger charge is -2.55. The van der Waals surface area contributed by atoms with Gasteiger partial charge in [-0.05, 0) is 31.5 Å². The lowest BCUT2D eigenvalue weighted by Crippen LogP contribution is -2.66. The van der Waals surface area contributed by atoms with Crippen molar-refractivity contribution in [3.63, 3.8) is 0 Å². The summed E-state index contributed by atoms with van der Waals surface area (Å²) in [6.45, 7) is 5.26. The Hall–Kier alpha value is -2.49. The van der Waals surface area contributed by atoms with Crippen LogP contribution in [-0.2, 0) is 4.74 Å². The van der Waals surface area contributed by atoms with Crippen LogP contribution in [0.2, 0.25) is 0 Å². The average molecular weight is 425 g/mol. The first-order chi connectivity index (χ1) is 14.7. The Morgan fingerprint density at radius 2 is 2.10 bits per heavy atom. The number of rotatable bonds is 4. The molecule has 2 aromatic heterocycles. The molecule has 156 valence electrons. The van der Waals surface area contributed by atoms with Crippen LogP contribution in [0.3, 0.4) is 0 Å². The quantitative estimate of drug-likeness (QED) is 0.590. The number of hydrogen-bond acceptors (Lipinski definition) is 8. The first-order valence-corrected chi connectivity index (χ1v) is 11.3. The lowest BCUT2D eigenvalue weighted by molar-refractivity contribution is -0.127. The van der Waals surface area contributed by atoms with Crippen LogP contribution in [0.1, 0.15) is 12.8 Å². The van der Waals surface area contributed by atoms with E-state index in [9.17, 15) is 4.79 Å². The van der Waals surface area contributed by atoms with Gasteiger partial charge < -0.3 is 20.3 Å². The number of ether oxygens (including phenoxy) is 1. The van der Waals surface area contributed by atoms with Gasteiger partial charge in [-0.2, -0.15) is 4.98 Å². The highest BCUT2D eigenvalue weighted by atomic mass is 32.1. The number of aromatic amines is 1. The molecular formula is C21H24N6O2S. The van der Waals surface area contributed by atoms with Crippen molar-refractivity contribution < 1.29 is 4.74 Å². The second-order valence-electron chi connectivity index (χ2n) is 8.64. The molecule has 9 heteroatoms. The predicted molar refractivity (Wildman–Crippen MR) is 118 cm³/mol. The smallest absolute Gasteiger partial charge is 0.264 e. The van der Waals surface area contributed by atoms with Crippen molar-refractivity contribution in [3.8, 4) is 10.6 Å². The van der Waals surface area contributed by atoms with Crippen molar-refractivity contribution >= 4 is 33.3 Å². The Balaban J connectivity index is 1.39. The maximum atomic E-state index is 13.2. The summed E-state index contributed by atoms with van der Waals surface area (Å²) in [5.41, 5.74) is 1.55. The highest BCUT2D eigenvalue weighted by molar-refractivity contribution is 7.21. The van der Waals surface area contributed by atoms with E-state index in [1.54, 1.807) is 0 Å². The van der Waals surface area contributed by atoms with Crippen LogP contribution in [-0.4, -0.2) is 60.4 Å². The van der Waals surface area contributed by atoms with Crippen molar-refractivity contribution in [2.24, 2.45) is 5.41 Å².